The molecule has 1 aliphatic rings. The molecule has 3 rings (SSSR count). The highest BCUT2D eigenvalue weighted by molar-refractivity contribution is 6.33. The number of anilines is 1. The van der Waals surface area contributed by atoms with Gasteiger partial charge >= 0.3 is 0 Å². The van der Waals surface area contributed by atoms with Crippen LogP contribution in [0.1, 0.15) is 28.3 Å². The third-order valence-electron chi connectivity index (χ3n) is 3.64. The van der Waals surface area contributed by atoms with Gasteiger partial charge in [0.1, 0.15) is 0 Å². The highest BCUT2D eigenvalue weighted by atomic mass is 35.5. The maximum absolute atomic E-state index is 12.4. The van der Waals surface area contributed by atoms with Gasteiger partial charge in [0.15, 0.2) is 5.78 Å². The van der Waals surface area contributed by atoms with E-state index in [9.17, 15) is 4.79 Å². The van der Waals surface area contributed by atoms with Crippen molar-refractivity contribution >= 4 is 23.1 Å². The predicted molar refractivity (Wildman–Crippen MR) is 77.5 cm³/mol. The van der Waals surface area contributed by atoms with Crippen LogP contribution < -0.4 is 5.73 Å². The first-order valence-corrected chi connectivity index (χ1v) is 6.69. The Labute approximate surface area is 117 Å². The van der Waals surface area contributed by atoms with Crippen molar-refractivity contribution in [3.63, 3.8) is 0 Å². The zero-order valence-corrected chi connectivity index (χ0v) is 11.1. The van der Waals surface area contributed by atoms with Crippen LogP contribution in [0, 0.1) is 5.92 Å². The molecule has 2 N–H and O–H groups in total. The van der Waals surface area contributed by atoms with Crippen LogP contribution in [-0.2, 0) is 0 Å². The Morgan fingerprint density at radius 3 is 2.58 bits per heavy atom. The molecule has 0 heterocycles. The molecular weight excluding hydrogens is 258 g/mol. The standard InChI is InChI=1S/C16H14ClNO/c17-14-7-6-11(8-15(14)18)16(19)13-9-12(13)10-4-2-1-3-5-10/h1-8,12-13H,9,18H2. The maximum atomic E-state index is 12.4. The molecule has 2 atom stereocenters. The van der Waals surface area contributed by atoms with Crippen molar-refractivity contribution in [3.8, 4) is 0 Å². The summed E-state index contributed by atoms with van der Waals surface area (Å²) in [6, 6.07) is 15.3. The maximum Gasteiger partial charge on any atom is 0.166 e. The lowest BCUT2D eigenvalue weighted by atomic mass is 10.0. The van der Waals surface area contributed by atoms with E-state index < -0.39 is 0 Å². The molecule has 1 saturated carbocycles. The van der Waals surface area contributed by atoms with E-state index in [1.807, 2.05) is 18.2 Å². The Balaban J connectivity index is 1.78. The summed E-state index contributed by atoms with van der Waals surface area (Å²) in [6.07, 6.45) is 0.922. The number of carbonyl (C=O) groups excluding carboxylic acids is 1. The summed E-state index contributed by atoms with van der Waals surface area (Å²) in [6.45, 7) is 0. The summed E-state index contributed by atoms with van der Waals surface area (Å²) in [7, 11) is 0. The van der Waals surface area contributed by atoms with E-state index in [4.69, 9.17) is 17.3 Å². The van der Waals surface area contributed by atoms with Gasteiger partial charge in [0, 0.05) is 11.5 Å². The molecule has 3 heteroatoms. The van der Waals surface area contributed by atoms with E-state index in [2.05, 4.69) is 12.1 Å². The predicted octanol–water partition coefficient (Wildman–Crippen LogP) is 3.91. The average molecular weight is 272 g/mol. The molecule has 0 amide bonds. The second-order valence-electron chi connectivity index (χ2n) is 4.96. The molecule has 0 spiro atoms. The topological polar surface area (TPSA) is 43.1 Å². The lowest BCUT2D eigenvalue weighted by molar-refractivity contribution is 0.0965. The molecule has 0 bridgehead atoms. The summed E-state index contributed by atoms with van der Waals surface area (Å²) < 4.78 is 0. The molecule has 19 heavy (non-hydrogen) atoms. The molecule has 0 aromatic heterocycles. The molecule has 1 aliphatic carbocycles. The molecule has 1 fully saturated rings. The number of halogens is 1. The van der Waals surface area contributed by atoms with Crippen molar-refractivity contribution < 1.29 is 4.79 Å². The van der Waals surface area contributed by atoms with Gasteiger partial charge in [-0.3, -0.25) is 4.79 Å². The quantitative estimate of drug-likeness (QED) is 0.679. The molecular formula is C16H14ClNO. The summed E-state index contributed by atoms with van der Waals surface area (Å²) in [4.78, 5) is 12.4. The summed E-state index contributed by atoms with van der Waals surface area (Å²) in [5.74, 6) is 0.603. The lowest BCUT2D eigenvalue weighted by Crippen LogP contribution is -2.04. The Morgan fingerprint density at radius 2 is 1.89 bits per heavy atom. The van der Waals surface area contributed by atoms with Crippen molar-refractivity contribution in [2.45, 2.75) is 12.3 Å². The number of nitrogens with two attached hydrogens (primary N) is 1. The number of ketones is 1. The van der Waals surface area contributed by atoms with Crippen LogP contribution in [0.5, 0.6) is 0 Å². The Hall–Kier alpha value is -1.80. The molecule has 2 unspecified atom stereocenters. The highest BCUT2D eigenvalue weighted by Gasteiger charge is 2.43. The molecule has 96 valence electrons. The smallest absolute Gasteiger partial charge is 0.166 e. The van der Waals surface area contributed by atoms with Gasteiger partial charge in [-0.1, -0.05) is 41.9 Å². The first-order valence-electron chi connectivity index (χ1n) is 6.31. The van der Waals surface area contributed by atoms with Crippen LogP contribution in [0.4, 0.5) is 5.69 Å². The average Bonchev–Trinajstić information content (AvgIpc) is 3.22. The fourth-order valence-corrected chi connectivity index (χ4v) is 2.58. The first kappa shape index (κ1) is 12.2. The van der Waals surface area contributed by atoms with Crippen molar-refractivity contribution in [3.05, 3.63) is 64.7 Å². The number of nitrogen functional groups attached to an aromatic ring is 1. The van der Waals surface area contributed by atoms with Crippen LogP contribution in [0.3, 0.4) is 0 Å². The van der Waals surface area contributed by atoms with Gasteiger partial charge in [-0.2, -0.15) is 0 Å². The third-order valence-corrected chi connectivity index (χ3v) is 3.98. The number of rotatable bonds is 3. The van der Waals surface area contributed by atoms with E-state index in [0.717, 1.165) is 6.42 Å². The molecule has 0 aliphatic heterocycles. The number of carbonyl (C=O) groups is 1. The zero-order valence-electron chi connectivity index (χ0n) is 10.3. The van der Waals surface area contributed by atoms with E-state index in [1.165, 1.54) is 5.56 Å². The van der Waals surface area contributed by atoms with Gasteiger partial charge in [-0.15, -0.1) is 0 Å². The summed E-state index contributed by atoms with van der Waals surface area (Å²) in [5, 5.41) is 0.493. The number of hydrogen-bond acceptors (Lipinski definition) is 2. The Morgan fingerprint density at radius 1 is 1.16 bits per heavy atom. The van der Waals surface area contributed by atoms with Gasteiger partial charge in [0.25, 0.3) is 0 Å². The molecule has 2 aromatic rings. The Bertz CT molecular complexity index is 624. The first-order chi connectivity index (χ1) is 9.16. The SMILES string of the molecule is Nc1cc(C(=O)C2CC2c2ccccc2)ccc1Cl. The van der Waals surface area contributed by atoms with Gasteiger partial charge < -0.3 is 5.73 Å². The number of benzene rings is 2. The van der Waals surface area contributed by atoms with Crippen LogP contribution in [-0.4, -0.2) is 5.78 Å². The fraction of sp³-hybridized carbons (Fsp3) is 0.188. The van der Waals surface area contributed by atoms with Crippen molar-refractivity contribution in [1.29, 1.82) is 0 Å². The van der Waals surface area contributed by atoms with Gasteiger partial charge in [-0.25, -0.2) is 0 Å². The minimum atomic E-state index is 0.0861. The number of hydrogen-bond donors (Lipinski definition) is 1. The molecule has 0 radical (unpaired) electrons. The van der Waals surface area contributed by atoms with Crippen molar-refractivity contribution in [1.82, 2.24) is 0 Å². The van der Waals surface area contributed by atoms with Crippen LogP contribution in [0.25, 0.3) is 0 Å². The van der Waals surface area contributed by atoms with Crippen LogP contribution in [0.15, 0.2) is 48.5 Å². The fourth-order valence-electron chi connectivity index (χ4n) is 2.46. The largest absolute Gasteiger partial charge is 0.398 e. The monoisotopic (exact) mass is 271 g/mol. The van der Waals surface area contributed by atoms with Gasteiger partial charge in [0.05, 0.1) is 10.7 Å². The summed E-state index contributed by atoms with van der Waals surface area (Å²) >= 11 is 5.87. The summed E-state index contributed by atoms with van der Waals surface area (Å²) in [5.41, 5.74) is 8.10. The second kappa shape index (κ2) is 4.71. The molecule has 2 aromatic carbocycles. The minimum Gasteiger partial charge on any atom is -0.398 e. The third kappa shape index (κ3) is 2.36. The number of Topliss-reactive ketones (excluding diaryl/α,β-unsaturated/α-hetero) is 1. The van der Waals surface area contributed by atoms with Gasteiger partial charge in [-0.05, 0) is 36.1 Å². The van der Waals surface area contributed by atoms with Gasteiger partial charge in [0.2, 0.25) is 0 Å². The van der Waals surface area contributed by atoms with E-state index >= 15 is 0 Å². The lowest BCUT2D eigenvalue weighted by Gasteiger charge is -2.03. The van der Waals surface area contributed by atoms with Crippen molar-refractivity contribution in [2.24, 2.45) is 5.92 Å². The molecule has 0 saturated heterocycles. The minimum absolute atomic E-state index is 0.0861. The van der Waals surface area contributed by atoms with E-state index in [0.29, 0.717) is 22.2 Å². The second-order valence-corrected chi connectivity index (χ2v) is 5.37. The molecule has 2 nitrogen and oxygen atoms in total. The Kier molecular flexibility index (Phi) is 3.03. The van der Waals surface area contributed by atoms with Crippen LogP contribution in [0.2, 0.25) is 5.02 Å². The van der Waals surface area contributed by atoms with E-state index in [-0.39, 0.29) is 11.7 Å². The van der Waals surface area contributed by atoms with Crippen LogP contribution >= 0.6 is 11.6 Å². The van der Waals surface area contributed by atoms with E-state index in [1.54, 1.807) is 18.2 Å². The highest BCUT2D eigenvalue weighted by Crippen LogP contribution is 2.49. The zero-order chi connectivity index (χ0) is 13.4. The normalized spacial score (nSPS) is 21.1. The van der Waals surface area contributed by atoms with Crippen molar-refractivity contribution in [2.75, 3.05) is 5.73 Å².